The maximum Gasteiger partial charge on any atom is 0.255 e. The van der Waals surface area contributed by atoms with Crippen molar-refractivity contribution >= 4 is 17.5 Å². The fourth-order valence-electron chi connectivity index (χ4n) is 5.61. The zero-order valence-electron chi connectivity index (χ0n) is 22.6. The first-order valence-corrected chi connectivity index (χ1v) is 13.5. The maximum atomic E-state index is 13.8. The molecule has 3 heterocycles. The molecule has 0 saturated carbocycles. The van der Waals surface area contributed by atoms with E-state index in [4.69, 9.17) is 9.47 Å². The van der Waals surface area contributed by atoms with Gasteiger partial charge in [0.05, 0.1) is 20.3 Å². The summed E-state index contributed by atoms with van der Waals surface area (Å²) in [7, 11) is 3.28. The Hall–Kier alpha value is -3.81. The van der Waals surface area contributed by atoms with E-state index in [1.54, 1.807) is 20.4 Å². The zero-order chi connectivity index (χ0) is 26.5. The highest BCUT2D eigenvalue weighted by Gasteiger charge is 2.36. The minimum Gasteiger partial charge on any atom is -0.493 e. The molecule has 1 N–H and O–H groups in total. The number of hydrogen-bond acceptors (Lipinski definition) is 7. The summed E-state index contributed by atoms with van der Waals surface area (Å²) in [6, 6.07) is 13.9. The summed E-state index contributed by atoms with van der Waals surface area (Å²) in [6.07, 6.45) is 7.07. The van der Waals surface area contributed by atoms with E-state index >= 15 is 0 Å². The van der Waals surface area contributed by atoms with Gasteiger partial charge in [0.2, 0.25) is 5.95 Å². The van der Waals surface area contributed by atoms with Gasteiger partial charge in [-0.25, -0.2) is 9.97 Å². The lowest BCUT2D eigenvalue weighted by molar-refractivity contribution is 0.0690. The Morgan fingerprint density at radius 2 is 1.84 bits per heavy atom. The number of carbonyl (C=O) groups is 1. The van der Waals surface area contributed by atoms with E-state index in [9.17, 15) is 4.79 Å². The summed E-state index contributed by atoms with van der Waals surface area (Å²) in [6.45, 7) is 5.37. The van der Waals surface area contributed by atoms with Crippen LogP contribution >= 0.6 is 0 Å². The van der Waals surface area contributed by atoms with E-state index in [0.29, 0.717) is 30.5 Å². The Morgan fingerprint density at radius 1 is 1.03 bits per heavy atom. The minimum atomic E-state index is -0.107. The molecular weight excluding hydrogens is 478 g/mol. The van der Waals surface area contributed by atoms with Gasteiger partial charge in [0, 0.05) is 54.9 Å². The molecule has 2 aliphatic rings. The fraction of sp³-hybridized carbons (Fsp3) is 0.433. The number of aromatic nitrogens is 2. The van der Waals surface area contributed by atoms with Crippen molar-refractivity contribution < 1.29 is 14.3 Å². The molecule has 0 aliphatic carbocycles. The molecule has 2 aromatic carbocycles. The number of anilines is 2. The van der Waals surface area contributed by atoms with Gasteiger partial charge in [0.1, 0.15) is 0 Å². The first-order valence-electron chi connectivity index (χ1n) is 13.5. The lowest BCUT2D eigenvalue weighted by Crippen LogP contribution is -2.31. The smallest absolute Gasteiger partial charge is 0.255 e. The Kier molecular flexibility index (Phi) is 7.96. The molecule has 1 saturated heterocycles. The summed E-state index contributed by atoms with van der Waals surface area (Å²) in [5.74, 6) is 2.06. The van der Waals surface area contributed by atoms with Gasteiger partial charge in [-0.1, -0.05) is 12.1 Å². The molecule has 1 atom stereocenters. The molecule has 1 amide bonds. The van der Waals surface area contributed by atoms with Crippen LogP contribution in [0.4, 0.5) is 11.6 Å². The van der Waals surface area contributed by atoms with E-state index in [2.05, 4.69) is 26.3 Å². The number of hydrogen-bond donors (Lipinski definition) is 1. The van der Waals surface area contributed by atoms with Crippen LogP contribution in [0.1, 0.15) is 65.3 Å². The van der Waals surface area contributed by atoms with Gasteiger partial charge in [-0.05, 0) is 74.9 Å². The zero-order valence-corrected chi connectivity index (χ0v) is 22.6. The molecule has 8 heteroatoms. The van der Waals surface area contributed by atoms with E-state index in [0.717, 1.165) is 48.3 Å². The van der Waals surface area contributed by atoms with Crippen molar-refractivity contribution in [2.75, 3.05) is 44.1 Å². The fourth-order valence-corrected chi connectivity index (χ4v) is 5.61. The summed E-state index contributed by atoms with van der Waals surface area (Å²) in [5.41, 5.74) is 5.15. The number of piperidine rings is 1. The standard InChI is InChI=1S/C30H37N5O3/c1-21-14-16-32-30(33-21)31-15-8-11-25(22-12-13-27(37-2)28(19-22)38-3)35-20-24-23(29(35)36)9-7-10-26(24)34-17-5-4-6-18-34/h7,9-10,12-14,16,19,25H,4-6,8,11,15,17-18,20H2,1-3H3,(H,31,32,33)/t25-/m1/s1. The van der Waals surface area contributed by atoms with Crippen molar-refractivity contribution in [1.82, 2.24) is 14.9 Å². The Bertz CT molecular complexity index is 1270. The SMILES string of the molecule is COc1ccc([C@@H](CCCNc2nccc(C)n2)N2Cc3c(cccc3N3CCCCC3)C2=O)cc1OC. The lowest BCUT2D eigenvalue weighted by Gasteiger charge is -2.31. The monoisotopic (exact) mass is 515 g/mol. The molecule has 2 aliphatic heterocycles. The third-order valence-corrected chi connectivity index (χ3v) is 7.57. The van der Waals surface area contributed by atoms with Crippen molar-refractivity contribution in [2.24, 2.45) is 0 Å². The molecular formula is C30H37N5O3. The van der Waals surface area contributed by atoms with Crippen LogP contribution in [-0.4, -0.2) is 54.6 Å². The number of methoxy groups -OCH3 is 2. The van der Waals surface area contributed by atoms with Crippen LogP contribution in [0.3, 0.4) is 0 Å². The number of aryl methyl sites for hydroxylation is 1. The lowest BCUT2D eigenvalue weighted by atomic mass is 9.99. The van der Waals surface area contributed by atoms with Crippen molar-refractivity contribution in [3.05, 3.63) is 71.0 Å². The highest BCUT2D eigenvalue weighted by molar-refractivity contribution is 6.00. The average Bonchev–Trinajstić information content (AvgIpc) is 3.29. The molecule has 3 aromatic rings. The van der Waals surface area contributed by atoms with E-state index in [-0.39, 0.29) is 11.9 Å². The molecule has 0 spiro atoms. The summed E-state index contributed by atoms with van der Waals surface area (Å²) >= 11 is 0. The Morgan fingerprint density at radius 3 is 2.61 bits per heavy atom. The first-order chi connectivity index (χ1) is 18.6. The van der Waals surface area contributed by atoms with Gasteiger partial charge < -0.3 is 24.6 Å². The van der Waals surface area contributed by atoms with Gasteiger partial charge in [-0.3, -0.25) is 4.79 Å². The number of benzene rings is 2. The minimum absolute atomic E-state index is 0.0913. The second-order valence-electron chi connectivity index (χ2n) is 10.0. The molecule has 0 radical (unpaired) electrons. The topological polar surface area (TPSA) is 79.8 Å². The van der Waals surface area contributed by atoms with Gasteiger partial charge in [0.15, 0.2) is 11.5 Å². The Labute approximate surface area is 225 Å². The predicted molar refractivity (Wildman–Crippen MR) is 149 cm³/mol. The highest BCUT2D eigenvalue weighted by Crippen LogP contribution is 2.40. The average molecular weight is 516 g/mol. The van der Waals surface area contributed by atoms with Crippen molar-refractivity contribution in [2.45, 2.75) is 51.6 Å². The molecule has 38 heavy (non-hydrogen) atoms. The number of ether oxygens (including phenoxy) is 2. The summed E-state index contributed by atoms with van der Waals surface area (Å²) < 4.78 is 11.1. The largest absolute Gasteiger partial charge is 0.493 e. The second kappa shape index (κ2) is 11.7. The Balaban J connectivity index is 1.40. The van der Waals surface area contributed by atoms with Crippen LogP contribution in [0, 0.1) is 6.92 Å². The van der Waals surface area contributed by atoms with Crippen LogP contribution in [0.5, 0.6) is 11.5 Å². The van der Waals surface area contributed by atoms with Crippen LogP contribution in [0.25, 0.3) is 0 Å². The van der Waals surface area contributed by atoms with Crippen molar-refractivity contribution in [1.29, 1.82) is 0 Å². The molecule has 1 aromatic heterocycles. The summed E-state index contributed by atoms with van der Waals surface area (Å²) in [5, 5.41) is 3.33. The van der Waals surface area contributed by atoms with E-state index < -0.39 is 0 Å². The highest BCUT2D eigenvalue weighted by atomic mass is 16.5. The third-order valence-electron chi connectivity index (χ3n) is 7.57. The third kappa shape index (κ3) is 5.39. The number of fused-ring (bicyclic) bond motifs is 1. The van der Waals surface area contributed by atoms with Crippen LogP contribution < -0.4 is 19.7 Å². The normalized spacial score (nSPS) is 15.8. The summed E-state index contributed by atoms with van der Waals surface area (Å²) in [4.78, 5) is 27.1. The molecule has 8 nitrogen and oxygen atoms in total. The molecule has 200 valence electrons. The first kappa shape index (κ1) is 25.8. The number of amides is 1. The van der Waals surface area contributed by atoms with Gasteiger partial charge in [-0.15, -0.1) is 0 Å². The van der Waals surface area contributed by atoms with E-state index in [1.165, 1.54) is 24.9 Å². The molecule has 0 unspecified atom stereocenters. The number of carbonyl (C=O) groups excluding carboxylic acids is 1. The van der Waals surface area contributed by atoms with Crippen LogP contribution in [0.15, 0.2) is 48.7 Å². The van der Waals surface area contributed by atoms with E-state index in [1.807, 2.05) is 48.2 Å². The molecule has 0 bridgehead atoms. The van der Waals surface area contributed by atoms with Crippen molar-refractivity contribution in [3.63, 3.8) is 0 Å². The van der Waals surface area contributed by atoms with Gasteiger partial charge in [-0.2, -0.15) is 0 Å². The number of nitrogens with one attached hydrogen (secondary N) is 1. The van der Waals surface area contributed by atoms with Crippen LogP contribution in [0.2, 0.25) is 0 Å². The number of nitrogens with zero attached hydrogens (tertiary/aromatic N) is 4. The van der Waals surface area contributed by atoms with Crippen molar-refractivity contribution in [3.8, 4) is 11.5 Å². The maximum absolute atomic E-state index is 13.8. The van der Waals surface area contributed by atoms with Crippen LogP contribution in [-0.2, 0) is 6.54 Å². The van der Waals surface area contributed by atoms with Gasteiger partial charge >= 0.3 is 0 Å². The quantitative estimate of drug-likeness (QED) is 0.363. The molecule has 1 fully saturated rings. The predicted octanol–water partition coefficient (Wildman–Crippen LogP) is 5.38. The molecule has 5 rings (SSSR count). The second-order valence-corrected chi connectivity index (χ2v) is 10.0. The van der Waals surface area contributed by atoms with Gasteiger partial charge in [0.25, 0.3) is 5.91 Å². The number of rotatable bonds is 10.